The Bertz CT molecular complexity index is 1110. The Kier molecular flexibility index (Phi) is 5.87. The number of hydrogen-bond acceptors (Lipinski definition) is 3. The normalized spacial score (nSPS) is 11.5. The van der Waals surface area contributed by atoms with Crippen molar-refractivity contribution in [1.82, 2.24) is 20.1 Å². The fraction of sp³-hybridized carbons (Fsp3) is 0.286. The van der Waals surface area contributed by atoms with Crippen molar-refractivity contribution in [2.24, 2.45) is 5.41 Å². The number of halogens is 2. The molecular formula is C21H22Cl2N4O2. The van der Waals surface area contributed by atoms with Crippen LogP contribution in [-0.2, 0) is 11.3 Å². The number of carbonyl (C=O) groups excluding carboxylic acids is 1. The van der Waals surface area contributed by atoms with Crippen molar-refractivity contribution in [3.63, 3.8) is 0 Å². The van der Waals surface area contributed by atoms with Crippen molar-refractivity contribution in [2.75, 3.05) is 0 Å². The van der Waals surface area contributed by atoms with Crippen molar-refractivity contribution < 1.29 is 4.79 Å². The minimum absolute atomic E-state index is 0.108. The number of H-pyrrole nitrogens is 1. The Hall–Kier alpha value is -2.57. The lowest BCUT2D eigenvalue weighted by Gasteiger charge is -2.18. The van der Waals surface area contributed by atoms with Crippen molar-refractivity contribution in [3.05, 3.63) is 68.1 Å². The predicted octanol–water partition coefficient (Wildman–Crippen LogP) is 4.51. The Balaban J connectivity index is 1.96. The highest BCUT2D eigenvalue weighted by molar-refractivity contribution is 6.36. The third-order valence-electron chi connectivity index (χ3n) is 4.41. The van der Waals surface area contributed by atoms with Crippen LogP contribution in [0.25, 0.3) is 17.1 Å². The summed E-state index contributed by atoms with van der Waals surface area (Å²) in [6.45, 7) is 7.68. The zero-order chi connectivity index (χ0) is 21.3. The van der Waals surface area contributed by atoms with Gasteiger partial charge in [0.25, 0.3) is 0 Å². The molecule has 29 heavy (non-hydrogen) atoms. The Morgan fingerprint density at radius 3 is 2.41 bits per heavy atom. The van der Waals surface area contributed by atoms with Gasteiger partial charge in [-0.15, -0.1) is 5.10 Å². The molecule has 2 N–H and O–H groups in total. The SMILES string of the molecule is Cc1ccc(-c2nn(-c3cc(CNC(=O)C(C)(C)C)c(Cl)cc3Cl)c(=O)[nH]2)cc1. The smallest absolute Gasteiger partial charge is 0.348 e. The van der Waals surface area contributed by atoms with Crippen LogP contribution >= 0.6 is 23.2 Å². The van der Waals surface area contributed by atoms with Crippen LogP contribution in [0.3, 0.4) is 0 Å². The monoisotopic (exact) mass is 432 g/mol. The molecule has 0 aliphatic carbocycles. The van der Waals surface area contributed by atoms with Crippen LogP contribution in [0.1, 0.15) is 31.9 Å². The molecule has 3 rings (SSSR count). The van der Waals surface area contributed by atoms with Gasteiger partial charge in [-0.05, 0) is 24.6 Å². The van der Waals surface area contributed by atoms with Gasteiger partial charge < -0.3 is 5.32 Å². The molecule has 0 unspecified atom stereocenters. The highest BCUT2D eigenvalue weighted by Crippen LogP contribution is 2.28. The van der Waals surface area contributed by atoms with Crippen molar-refractivity contribution in [3.8, 4) is 17.1 Å². The molecule has 1 amide bonds. The Labute approximate surface area is 178 Å². The second-order valence-corrected chi connectivity index (χ2v) is 8.70. The van der Waals surface area contributed by atoms with Gasteiger partial charge in [-0.1, -0.05) is 73.8 Å². The first kappa shape index (κ1) is 21.1. The van der Waals surface area contributed by atoms with Gasteiger partial charge in [-0.3, -0.25) is 9.78 Å². The van der Waals surface area contributed by atoms with Gasteiger partial charge in [-0.2, -0.15) is 4.68 Å². The standard InChI is InChI=1S/C21H22Cl2N4O2/c1-12-5-7-13(8-6-12)18-25-20(29)27(26-18)17-9-14(15(22)10-16(17)23)11-24-19(28)21(2,3)4/h5-10H,11H2,1-4H3,(H,24,28)(H,25,26,29). The van der Waals surface area contributed by atoms with Gasteiger partial charge in [0.15, 0.2) is 5.82 Å². The quantitative estimate of drug-likeness (QED) is 0.636. The van der Waals surface area contributed by atoms with Crippen LogP contribution in [0.4, 0.5) is 0 Å². The molecule has 1 aromatic heterocycles. The summed E-state index contributed by atoms with van der Waals surface area (Å²) >= 11 is 12.6. The van der Waals surface area contributed by atoms with E-state index < -0.39 is 11.1 Å². The molecule has 8 heteroatoms. The zero-order valence-corrected chi connectivity index (χ0v) is 18.1. The number of aromatic nitrogens is 3. The molecule has 0 fully saturated rings. The molecule has 0 saturated heterocycles. The second kappa shape index (κ2) is 8.05. The third-order valence-corrected chi connectivity index (χ3v) is 5.06. The highest BCUT2D eigenvalue weighted by Gasteiger charge is 2.21. The van der Waals surface area contributed by atoms with Crippen LogP contribution in [-0.4, -0.2) is 20.7 Å². The summed E-state index contributed by atoms with van der Waals surface area (Å²) in [5, 5.41) is 7.91. The number of hydrogen-bond donors (Lipinski definition) is 2. The second-order valence-electron chi connectivity index (χ2n) is 7.88. The number of carbonyl (C=O) groups is 1. The molecular weight excluding hydrogens is 411 g/mol. The lowest BCUT2D eigenvalue weighted by Crippen LogP contribution is -2.34. The molecule has 0 aliphatic heterocycles. The first-order valence-electron chi connectivity index (χ1n) is 9.09. The van der Waals surface area contributed by atoms with Crippen molar-refractivity contribution >= 4 is 29.1 Å². The molecule has 0 bridgehead atoms. The maximum absolute atomic E-state index is 12.5. The summed E-state index contributed by atoms with van der Waals surface area (Å²) < 4.78 is 1.20. The summed E-state index contributed by atoms with van der Waals surface area (Å²) in [6, 6.07) is 10.9. The first-order chi connectivity index (χ1) is 13.6. The molecule has 0 radical (unpaired) electrons. The van der Waals surface area contributed by atoms with Gasteiger partial charge in [0, 0.05) is 22.5 Å². The van der Waals surface area contributed by atoms with E-state index in [-0.39, 0.29) is 17.5 Å². The predicted molar refractivity (Wildman–Crippen MR) is 116 cm³/mol. The van der Waals surface area contributed by atoms with E-state index >= 15 is 0 Å². The molecule has 0 saturated carbocycles. The molecule has 6 nitrogen and oxygen atoms in total. The van der Waals surface area contributed by atoms with Crippen LogP contribution in [0.15, 0.2) is 41.2 Å². The number of aromatic amines is 1. The summed E-state index contributed by atoms with van der Waals surface area (Å²) in [5.41, 5.74) is 1.97. The van der Waals surface area contributed by atoms with Crippen molar-refractivity contribution in [1.29, 1.82) is 0 Å². The van der Waals surface area contributed by atoms with Crippen molar-refractivity contribution in [2.45, 2.75) is 34.2 Å². The lowest BCUT2D eigenvalue weighted by molar-refractivity contribution is -0.128. The van der Waals surface area contributed by atoms with Crippen LogP contribution < -0.4 is 11.0 Å². The number of nitrogens with one attached hydrogen (secondary N) is 2. The topological polar surface area (TPSA) is 79.8 Å². The lowest BCUT2D eigenvalue weighted by atomic mass is 9.95. The molecule has 2 aromatic carbocycles. The Morgan fingerprint density at radius 2 is 1.79 bits per heavy atom. The van der Waals surface area contributed by atoms with E-state index in [1.165, 1.54) is 4.68 Å². The first-order valence-corrected chi connectivity index (χ1v) is 9.85. The molecule has 3 aromatic rings. The van der Waals surface area contributed by atoms with E-state index in [0.717, 1.165) is 11.1 Å². The van der Waals surface area contributed by atoms with Gasteiger partial charge in [0.1, 0.15) is 0 Å². The number of rotatable bonds is 4. The maximum atomic E-state index is 12.5. The van der Waals surface area contributed by atoms with E-state index in [1.54, 1.807) is 12.1 Å². The van der Waals surface area contributed by atoms with Gasteiger partial charge in [0.05, 0.1) is 10.7 Å². The van der Waals surface area contributed by atoms with Crippen LogP contribution in [0.2, 0.25) is 10.0 Å². The van der Waals surface area contributed by atoms with E-state index in [9.17, 15) is 9.59 Å². The number of benzene rings is 2. The van der Waals surface area contributed by atoms with Crippen LogP contribution in [0, 0.1) is 12.3 Å². The van der Waals surface area contributed by atoms with E-state index in [2.05, 4.69) is 15.4 Å². The number of aryl methyl sites for hydroxylation is 1. The summed E-state index contributed by atoms with van der Waals surface area (Å²) in [4.78, 5) is 27.4. The van der Waals surface area contributed by atoms with Gasteiger partial charge in [-0.25, -0.2) is 4.79 Å². The average Bonchev–Trinajstić information content (AvgIpc) is 3.02. The molecule has 1 heterocycles. The van der Waals surface area contributed by atoms with Crippen LogP contribution in [0.5, 0.6) is 0 Å². The average molecular weight is 433 g/mol. The molecule has 152 valence electrons. The molecule has 0 spiro atoms. The fourth-order valence-corrected chi connectivity index (χ4v) is 3.18. The van der Waals surface area contributed by atoms with E-state index in [1.807, 2.05) is 52.0 Å². The number of nitrogens with zero attached hydrogens (tertiary/aromatic N) is 2. The van der Waals surface area contributed by atoms with Gasteiger partial charge in [0.2, 0.25) is 5.91 Å². The zero-order valence-electron chi connectivity index (χ0n) is 16.6. The number of amides is 1. The van der Waals surface area contributed by atoms with Gasteiger partial charge >= 0.3 is 5.69 Å². The highest BCUT2D eigenvalue weighted by atomic mass is 35.5. The largest absolute Gasteiger partial charge is 0.352 e. The van der Waals surface area contributed by atoms with E-state index in [0.29, 0.717) is 22.1 Å². The summed E-state index contributed by atoms with van der Waals surface area (Å²) in [6.07, 6.45) is 0. The summed E-state index contributed by atoms with van der Waals surface area (Å²) in [5.74, 6) is 0.326. The molecule has 0 atom stereocenters. The summed E-state index contributed by atoms with van der Waals surface area (Å²) in [7, 11) is 0. The van der Waals surface area contributed by atoms with E-state index in [4.69, 9.17) is 23.2 Å². The minimum atomic E-state index is -0.524. The Morgan fingerprint density at radius 1 is 1.14 bits per heavy atom. The maximum Gasteiger partial charge on any atom is 0.348 e. The third kappa shape index (κ3) is 4.71. The fourth-order valence-electron chi connectivity index (χ4n) is 2.65. The minimum Gasteiger partial charge on any atom is -0.352 e. The molecule has 0 aliphatic rings.